The van der Waals surface area contributed by atoms with Crippen LogP contribution in [0.2, 0.25) is 0 Å². The van der Waals surface area contributed by atoms with Crippen LogP contribution in [-0.4, -0.2) is 24.1 Å². The summed E-state index contributed by atoms with van der Waals surface area (Å²) in [6.45, 7) is 2.28. The van der Waals surface area contributed by atoms with Crippen molar-refractivity contribution in [3.63, 3.8) is 0 Å². The number of ketones is 1. The number of carbonyl (C=O) groups excluding carboxylic acids is 2. The van der Waals surface area contributed by atoms with E-state index >= 15 is 0 Å². The topological polar surface area (TPSA) is 37.4 Å². The van der Waals surface area contributed by atoms with Crippen LogP contribution in [0.5, 0.6) is 0 Å². The molecule has 1 heterocycles. The summed E-state index contributed by atoms with van der Waals surface area (Å²) in [5, 5.41) is 0. The van der Waals surface area contributed by atoms with Crippen molar-refractivity contribution in [3.8, 4) is 0 Å². The SMILES string of the molecule is CC(=O)N1CCCc2cc(Br)c(C(=O)CCCCl)cc21. The first kappa shape index (κ1) is 15.5. The summed E-state index contributed by atoms with van der Waals surface area (Å²) < 4.78 is 0.807. The van der Waals surface area contributed by atoms with Crippen LogP contribution >= 0.6 is 27.5 Å². The molecular weight excluding hydrogens is 342 g/mol. The Kier molecular flexibility index (Phi) is 5.22. The van der Waals surface area contributed by atoms with Crippen molar-refractivity contribution < 1.29 is 9.59 Å². The maximum Gasteiger partial charge on any atom is 0.223 e. The van der Waals surface area contributed by atoms with Crippen molar-refractivity contribution in [2.75, 3.05) is 17.3 Å². The molecule has 20 heavy (non-hydrogen) atoms. The Hall–Kier alpha value is -0.870. The van der Waals surface area contributed by atoms with Crippen LogP contribution < -0.4 is 4.90 Å². The van der Waals surface area contributed by atoms with Gasteiger partial charge in [-0.3, -0.25) is 9.59 Å². The smallest absolute Gasteiger partial charge is 0.223 e. The lowest BCUT2D eigenvalue weighted by Crippen LogP contribution is -2.33. The van der Waals surface area contributed by atoms with Crippen molar-refractivity contribution in [1.29, 1.82) is 0 Å². The third-order valence-electron chi connectivity index (χ3n) is 3.50. The number of benzene rings is 1. The van der Waals surface area contributed by atoms with E-state index in [1.54, 1.807) is 11.8 Å². The number of anilines is 1. The molecule has 0 fully saturated rings. The van der Waals surface area contributed by atoms with Crippen molar-refractivity contribution in [3.05, 3.63) is 27.7 Å². The molecule has 1 amide bonds. The summed E-state index contributed by atoms with van der Waals surface area (Å²) in [7, 11) is 0. The quantitative estimate of drug-likeness (QED) is 0.604. The lowest BCUT2D eigenvalue weighted by molar-refractivity contribution is -0.116. The molecule has 2 rings (SSSR count). The molecule has 1 aliphatic rings. The van der Waals surface area contributed by atoms with Crippen molar-refractivity contribution >= 4 is 44.9 Å². The standard InChI is InChI=1S/C15H17BrClNO2/c1-10(19)18-7-3-4-11-8-13(16)12(9-14(11)18)15(20)5-2-6-17/h8-9H,2-7H2,1H3. The molecule has 0 unspecified atom stereocenters. The first-order valence-electron chi connectivity index (χ1n) is 6.74. The van der Waals surface area contributed by atoms with Gasteiger partial charge in [-0.25, -0.2) is 0 Å². The fraction of sp³-hybridized carbons (Fsp3) is 0.467. The fourth-order valence-corrected chi connectivity index (χ4v) is 3.25. The van der Waals surface area contributed by atoms with Gasteiger partial charge in [0.2, 0.25) is 5.91 Å². The molecule has 0 N–H and O–H groups in total. The van der Waals surface area contributed by atoms with Gasteiger partial charge < -0.3 is 4.90 Å². The minimum atomic E-state index is 0.0208. The Morgan fingerprint density at radius 1 is 1.40 bits per heavy atom. The molecule has 0 saturated heterocycles. The second kappa shape index (κ2) is 6.72. The minimum absolute atomic E-state index is 0.0208. The number of hydrogen-bond donors (Lipinski definition) is 0. The molecule has 0 saturated carbocycles. The predicted octanol–water partition coefficient (Wildman–Crippen LogP) is 3.95. The molecule has 5 heteroatoms. The summed E-state index contributed by atoms with van der Waals surface area (Å²) in [6, 6.07) is 3.81. The number of hydrogen-bond acceptors (Lipinski definition) is 2. The predicted molar refractivity (Wildman–Crippen MR) is 84.8 cm³/mol. The van der Waals surface area contributed by atoms with E-state index in [4.69, 9.17) is 11.6 Å². The summed E-state index contributed by atoms with van der Waals surface area (Å²) in [5.41, 5.74) is 2.63. The fourth-order valence-electron chi connectivity index (χ4n) is 2.51. The van der Waals surface area contributed by atoms with Gasteiger partial charge in [-0.1, -0.05) is 15.9 Å². The molecule has 1 aliphatic heterocycles. The zero-order chi connectivity index (χ0) is 14.7. The summed E-state index contributed by atoms with van der Waals surface area (Å²) in [6.07, 6.45) is 2.99. The van der Waals surface area contributed by atoms with Gasteiger partial charge in [-0.2, -0.15) is 0 Å². The van der Waals surface area contributed by atoms with Gasteiger partial charge in [0.1, 0.15) is 0 Å². The number of aryl methyl sites for hydroxylation is 1. The highest BCUT2D eigenvalue weighted by Crippen LogP contribution is 2.33. The van der Waals surface area contributed by atoms with Gasteiger partial charge >= 0.3 is 0 Å². The van der Waals surface area contributed by atoms with E-state index in [1.165, 1.54) is 0 Å². The lowest BCUT2D eigenvalue weighted by atomic mass is 9.97. The molecule has 3 nitrogen and oxygen atoms in total. The number of nitrogens with zero attached hydrogens (tertiary/aromatic N) is 1. The average molecular weight is 359 g/mol. The molecule has 0 radical (unpaired) electrons. The number of fused-ring (bicyclic) bond motifs is 1. The number of Topliss-reactive ketones (excluding diaryl/α,β-unsaturated/α-hetero) is 1. The highest BCUT2D eigenvalue weighted by Gasteiger charge is 2.23. The van der Waals surface area contributed by atoms with Gasteiger partial charge in [0.15, 0.2) is 5.78 Å². The molecule has 0 spiro atoms. The monoisotopic (exact) mass is 357 g/mol. The van der Waals surface area contributed by atoms with E-state index in [1.807, 2.05) is 12.1 Å². The molecular formula is C15H17BrClNO2. The van der Waals surface area contributed by atoms with Crippen molar-refractivity contribution in [2.45, 2.75) is 32.6 Å². The van der Waals surface area contributed by atoms with E-state index in [2.05, 4.69) is 15.9 Å². The Labute approximate surface area is 132 Å². The highest BCUT2D eigenvalue weighted by molar-refractivity contribution is 9.10. The van der Waals surface area contributed by atoms with Crippen LogP contribution in [0, 0.1) is 0 Å². The van der Waals surface area contributed by atoms with E-state index in [0.717, 1.165) is 35.1 Å². The van der Waals surface area contributed by atoms with Crippen LogP contribution in [-0.2, 0) is 11.2 Å². The molecule has 108 valence electrons. The van der Waals surface area contributed by atoms with Gasteiger partial charge in [0.25, 0.3) is 0 Å². The second-order valence-corrected chi connectivity index (χ2v) is 6.18. The zero-order valence-corrected chi connectivity index (χ0v) is 13.8. The summed E-state index contributed by atoms with van der Waals surface area (Å²) in [5.74, 6) is 0.565. The summed E-state index contributed by atoms with van der Waals surface area (Å²) in [4.78, 5) is 25.7. The van der Waals surface area contributed by atoms with E-state index in [9.17, 15) is 9.59 Å². The molecule has 0 aromatic heterocycles. The third kappa shape index (κ3) is 3.23. The first-order valence-corrected chi connectivity index (χ1v) is 8.07. The molecule has 0 bridgehead atoms. The zero-order valence-electron chi connectivity index (χ0n) is 11.4. The van der Waals surface area contributed by atoms with E-state index < -0.39 is 0 Å². The number of rotatable bonds is 4. The van der Waals surface area contributed by atoms with Gasteiger partial charge in [0, 0.05) is 41.5 Å². The number of carbonyl (C=O) groups is 2. The van der Waals surface area contributed by atoms with Crippen LogP contribution in [0.15, 0.2) is 16.6 Å². The lowest BCUT2D eigenvalue weighted by Gasteiger charge is -2.29. The minimum Gasteiger partial charge on any atom is -0.312 e. The normalized spacial score (nSPS) is 14.1. The third-order valence-corrected chi connectivity index (χ3v) is 4.43. The van der Waals surface area contributed by atoms with Gasteiger partial charge in [-0.15, -0.1) is 11.6 Å². The van der Waals surface area contributed by atoms with E-state index in [0.29, 0.717) is 24.3 Å². The number of alkyl halides is 1. The second-order valence-electron chi connectivity index (χ2n) is 4.95. The van der Waals surface area contributed by atoms with Crippen LogP contribution in [0.1, 0.15) is 42.1 Å². The molecule has 0 aliphatic carbocycles. The maximum absolute atomic E-state index is 12.2. The maximum atomic E-state index is 12.2. The van der Waals surface area contributed by atoms with Crippen LogP contribution in [0.3, 0.4) is 0 Å². The van der Waals surface area contributed by atoms with Crippen molar-refractivity contribution in [1.82, 2.24) is 0 Å². The molecule has 0 atom stereocenters. The highest BCUT2D eigenvalue weighted by atomic mass is 79.9. The Bertz CT molecular complexity index is 545. The van der Waals surface area contributed by atoms with Crippen LogP contribution in [0.25, 0.3) is 0 Å². The number of halogens is 2. The summed E-state index contributed by atoms with van der Waals surface area (Å²) >= 11 is 9.10. The molecule has 1 aromatic carbocycles. The first-order chi connectivity index (χ1) is 9.54. The van der Waals surface area contributed by atoms with E-state index in [-0.39, 0.29) is 11.7 Å². The largest absolute Gasteiger partial charge is 0.312 e. The van der Waals surface area contributed by atoms with Gasteiger partial charge in [0.05, 0.1) is 0 Å². The van der Waals surface area contributed by atoms with Crippen LogP contribution in [0.4, 0.5) is 5.69 Å². The Balaban J connectivity index is 2.38. The van der Waals surface area contributed by atoms with Gasteiger partial charge in [-0.05, 0) is 37.0 Å². The van der Waals surface area contributed by atoms with Crippen molar-refractivity contribution in [2.24, 2.45) is 0 Å². The number of amides is 1. The molecule has 1 aromatic rings. The average Bonchev–Trinajstić information content (AvgIpc) is 2.43. The Morgan fingerprint density at radius 3 is 2.80 bits per heavy atom. The Morgan fingerprint density at radius 2 is 2.15 bits per heavy atom.